The van der Waals surface area contributed by atoms with Crippen molar-refractivity contribution in [1.29, 1.82) is 0 Å². The number of carbonyl (C=O) groups is 1. The summed E-state index contributed by atoms with van der Waals surface area (Å²) in [5, 5.41) is 2.92. The number of benzene rings is 2. The van der Waals surface area contributed by atoms with Gasteiger partial charge < -0.3 is 10.1 Å². The van der Waals surface area contributed by atoms with Gasteiger partial charge in [-0.3, -0.25) is 4.79 Å². The minimum absolute atomic E-state index is 0.0521. The first-order valence-corrected chi connectivity index (χ1v) is 11.0. The first-order chi connectivity index (χ1) is 13.4. The number of hydrogen-bond acceptors (Lipinski definition) is 4. The summed E-state index contributed by atoms with van der Waals surface area (Å²) >= 11 is 0. The van der Waals surface area contributed by atoms with E-state index in [1.54, 1.807) is 19.1 Å². The highest BCUT2D eigenvalue weighted by molar-refractivity contribution is 7.89. The predicted octanol–water partition coefficient (Wildman–Crippen LogP) is 3.36. The number of nitrogens with zero attached hydrogens (tertiary/aromatic N) is 1. The molecule has 1 fully saturated rings. The summed E-state index contributed by atoms with van der Waals surface area (Å²) in [5.74, 6) is -0.0423. The lowest BCUT2D eigenvalue weighted by Gasteiger charge is -2.19. The third kappa shape index (κ3) is 4.36. The fourth-order valence-electron chi connectivity index (χ4n) is 3.30. The molecule has 3 rings (SSSR count). The van der Waals surface area contributed by atoms with Gasteiger partial charge in [0.25, 0.3) is 5.91 Å². The van der Waals surface area contributed by atoms with Crippen molar-refractivity contribution in [3.05, 3.63) is 59.7 Å². The quantitative estimate of drug-likeness (QED) is 0.771. The van der Waals surface area contributed by atoms with Gasteiger partial charge in [-0.25, -0.2) is 8.42 Å². The number of nitrogens with one attached hydrogen (secondary N) is 1. The maximum atomic E-state index is 13.1. The van der Waals surface area contributed by atoms with E-state index in [0.29, 0.717) is 25.3 Å². The van der Waals surface area contributed by atoms with Crippen LogP contribution in [0.25, 0.3) is 0 Å². The second-order valence-corrected chi connectivity index (χ2v) is 8.72. The number of rotatable bonds is 7. The van der Waals surface area contributed by atoms with Crippen LogP contribution in [0.3, 0.4) is 0 Å². The van der Waals surface area contributed by atoms with E-state index in [9.17, 15) is 13.2 Å². The van der Waals surface area contributed by atoms with E-state index in [2.05, 4.69) is 5.32 Å². The number of amides is 1. The zero-order valence-corrected chi connectivity index (χ0v) is 17.0. The molecular weight excluding hydrogens is 376 g/mol. The lowest BCUT2D eigenvalue weighted by molar-refractivity contribution is 0.0939. The molecule has 2 aromatic carbocycles. The largest absolute Gasteiger partial charge is 0.492 e. The summed E-state index contributed by atoms with van der Waals surface area (Å²) in [6.07, 6.45) is 1.69. The number of carbonyl (C=O) groups excluding carboxylic acids is 1. The molecule has 0 spiro atoms. The Morgan fingerprint density at radius 3 is 2.46 bits per heavy atom. The van der Waals surface area contributed by atoms with Crippen LogP contribution in [0.4, 0.5) is 0 Å². The Kier molecular flexibility index (Phi) is 6.36. The van der Waals surface area contributed by atoms with Crippen LogP contribution in [-0.4, -0.2) is 38.3 Å². The van der Waals surface area contributed by atoms with E-state index in [0.717, 1.165) is 18.4 Å². The highest BCUT2D eigenvalue weighted by atomic mass is 32.2. The van der Waals surface area contributed by atoms with Gasteiger partial charge in [-0.2, -0.15) is 4.31 Å². The van der Waals surface area contributed by atoms with E-state index in [1.165, 1.54) is 10.4 Å². The van der Waals surface area contributed by atoms with Crippen LogP contribution in [-0.2, 0) is 10.0 Å². The molecule has 0 aromatic heterocycles. The van der Waals surface area contributed by atoms with Crippen LogP contribution in [0.15, 0.2) is 53.4 Å². The Bertz CT molecular complexity index is 923. The third-order valence-corrected chi connectivity index (χ3v) is 6.76. The Balaban J connectivity index is 1.89. The molecule has 1 saturated heterocycles. The van der Waals surface area contributed by atoms with Gasteiger partial charge in [0.1, 0.15) is 10.6 Å². The zero-order chi connectivity index (χ0) is 20.1. The summed E-state index contributed by atoms with van der Waals surface area (Å²) < 4.78 is 33.1. The summed E-state index contributed by atoms with van der Waals surface area (Å²) in [6.45, 7) is 5.03. The van der Waals surface area contributed by atoms with Gasteiger partial charge >= 0.3 is 0 Å². The van der Waals surface area contributed by atoms with Gasteiger partial charge in [0.15, 0.2) is 0 Å². The summed E-state index contributed by atoms with van der Waals surface area (Å²) in [7, 11) is -3.70. The molecule has 1 atom stereocenters. The van der Waals surface area contributed by atoms with Crippen molar-refractivity contribution in [2.75, 3.05) is 19.7 Å². The summed E-state index contributed by atoms with van der Waals surface area (Å²) in [4.78, 5) is 12.8. The number of ether oxygens (including phenoxy) is 1. The second kappa shape index (κ2) is 8.75. The molecule has 1 aliphatic rings. The maximum absolute atomic E-state index is 13.1. The zero-order valence-electron chi connectivity index (χ0n) is 16.2. The molecule has 0 radical (unpaired) electrons. The molecule has 7 heteroatoms. The molecule has 0 aliphatic carbocycles. The van der Waals surface area contributed by atoms with Crippen LogP contribution in [0.2, 0.25) is 0 Å². The fraction of sp³-hybridized carbons (Fsp3) is 0.381. The molecule has 0 unspecified atom stereocenters. The lowest BCUT2D eigenvalue weighted by Crippen LogP contribution is -2.29. The topological polar surface area (TPSA) is 75.7 Å². The Hall–Kier alpha value is -2.38. The van der Waals surface area contributed by atoms with Crippen molar-refractivity contribution in [2.24, 2.45) is 0 Å². The number of sulfonamides is 1. The van der Waals surface area contributed by atoms with E-state index in [-0.39, 0.29) is 22.6 Å². The summed E-state index contributed by atoms with van der Waals surface area (Å²) in [5.41, 5.74) is 1.27. The van der Waals surface area contributed by atoms with Crippen LogP contribution in [0.1, 0.15) is 48.7 Å². The van der Waals surface area contributed by atoms with Crippen LogP contribution in [0.5, 0.6) is 5.75 Å². The smallest absolute Gasteiger partial charge is 0.251 e. The number of hydrogen-bond donors (Lipinski definition) is 1. The second-order valence-electron chi connectivity index (χ2n) is 6.81. The van der Waals surface area contributed by atoms with Gasteiger partial charge in [-0.05, 0) is 50.5 Å². The van der Waals surface area contributed by atoms with Crippen LogP contribution in [0, 0.1) is 0 Å². The van der Waals surface area contributed by atoms with E-state index < -0.39 is 10.0 Å². The SMILES string of the molecule is CCOc1ccc(C(=O)N[C@H](C)c2ccccc2)cc1S(=O)(=O)N1CCCC1. The molecule has 0 saturated carbocycles. The molecule has 1 aliphatic heterocycles. The van der Waals surface area contributed by atoms with Gasteiger partial charge in [0.05, 0.1) is 12.6 Å². The van der Waals surface area contributed by atoms with Gasteiger partial charge in [0.2, 0.25) is 10.0 Å². The van der Waals surface area contributed by atoms with Crippen LogP contribution < -0.4 is 10.1 Å². The lowest BCUT2D eigenvalue weighted by atomic mass is 10.1. The average molecular weight is 403 g/mol. The molecule has 2 aromatic rings. The maximum Gasteiger partial charge on any atom is 0.251 e. The Morgan fingerprint density at radius 2 is 1.82 bits per heavy atom. The Morgan fingerprint density at radius 1 is 1.14 bits per heavy atom. The van der Waals surface area contributed by atoms with Crippen molar-refractivity contribution >= 4 is 15.9 Å². The predicted molar refractivity (Wildman–Crippen MR) is 108 cm³/mol. The van der Waals surface area contributed by atoms with Crippen LogP contribution >= 0.6 is 0 Å². The Labute approximate surface area is 166 Å². The molecule has 1 heterocycles. The van der Waals surface area contributed by atoms with Crippen molar-refractivity contribution in [3.63, 3.8) is 0 Å². The van der Waals surface area contributed by atoms with E-state index in [4.69, 9.17) is 4.74 Å². The van der Waals surface area contributed by atoms with E-state index >= 15 is 0 Å². The molecule has 1 N–H and O–H groups in total. The van der Waals surface area contributed by atoms with Crippen molar-refractivity contribution in [1.82, 2.24) is 9.62 Å². The standard InChI is InChI=1S/C21H26N2O4S/c1-3-27-19-12-11-18(15-20(19)28(25,26)23-13-7-8-14-23)21(24)22-16(2)17-9-5-4-6-10-17/h4-6,9-12,15-16H,3,7-8,13-14H2,1-2H3,(H,22,24)/t16-/m1/s1. The van der Waals surface area contributed by atoms with E-state index in [1.807, 2.05) is 37.3 Å². The molecular formula is C21H26N2O4S. The normalized spacial score (nSPS) is 15.9. The first-order valence-electron chi connectivity index (χ1n) is 9.56. The third-order valence-electron chi connectivity index (χ3n) is 4.84. The molecule has 28 heavy (non-hydrogen) atoms. The minimum atomic E-state index is -3.70. The van der Waals surface area contributed by atoms with Crippen molar-refractivity contribution < 1.29 is 17.9 Å². The monoisotopic (exact) mass is 402 g/mol. The van der Waals surface area contributed by atoms with Gasteiger partial charge in [-0.1, -0.05) is 30.3 Å². The van der Waals surface area contributed by atoms with Gasteiger partial charge in [0, 0.05) is 18.7 Å². The fourth-order valence-corrected chi connectivity index (χ4v) is 4.97. The van der Waals surface area contributed by atoms with Crippen molar-refractivity contribution in [3.8, 4) is 5.75 Å². The molecule has 6 nitrogen and oxygen atoms in total. The first kappa shape index (κ1) is 20.4. The molecule has 1 amide bonds. The van der Waals surface area contributed by atoms with Crippen molar-refractivity contribution in [2.45, 2.75) is 37.6 Å². The average Bonchev–Trinajstić information content (AvgIpc) is 3.25. The minimum Gasteiger partial charge on any atom is -0.492 e. The molecule has 0 bridgehead atoms. The highest BCUT2D eigenvalue weighted by Crippen LogP contribution is 2.30. The highest BCUT2D eigenvalue weighted by Gasteiger charge is 2.31. The van der Waals surface area contributed by atoms with Gasteiger partial charge in [-0.15, -0.1) is 0 Å². The molecule has 150 valence electrons. The summed E-state index contributed by atoms with van der Waals surface area (Å²) in [6, 6.07) is 14.0.